The third-order valence-corrected chi connectivity index (χ3v) is 5.90. The molecule has 2 heterocycles. The Morgan fingerprint density at radius 2 is 1.50 bits per heavy atom. The second-order valence-electron chi connectivity index (χ2n) is 8.12. The number of nitrogens with one attached hydrogen (secondary N) is 2. The van der Waals surface area contributed by atoms with E-state index < -0.39 is 0 Å². The number of hydrogen-bond acceptors (Lipinski definition) is 5. The Hall–Kier alpha value is -4.72. The van der Waals surface area contributed by atoms with Crippen LogP contribution in [0.5, 0.6) is 11.5 Å². The zero-order valence-electron chi connectivity index (χ0n) is 19.7. The van der Waals surface area contributed by atoms with Crippen LogP contribution in [0.25, 0.3) is 33.5 Å². The van der Waals surface area contributed by atoms with Gasteiger partial charge in [0.25, 0.3) is 5.91 Å². The highest BCUT2D eigenvalue weighted by Crippen LogP contribution is 2.32. The van der Waals surface area contributed by atoms with Gasteiger partial charge in [0.15, 0.2) is 5.65 Å². The molecule has 0 aliphatic rings. The van der Waals surface area contributed by atoms with Gasteiger partial charge in [0.05, 0.1) is 36.6 Å². The maximum Gasteiger partial charge on any atom is 0.252 e. The summed E-state index contributed by atoms with van der Waals surface area (Å²) in [6, 6.07) is 22.7. The second kappa shape index (κ2) is 9.87. The smallest absolute Gasteiger partial charge is 0.252 e. The number of aromatic nitrogens is 3. The Labute approximate surface area is 206 Å². The van der Waals surface area contributed by atoms with Gasteiger partial charge < -0.3 is 14.8 Å². The van der Waals surface area contributed by atoms with E-state index in [1.165, 1.54) is 12.1 Å². The van der Waals surface area contributed by atoms with Crippen LogP contribution in [0.15, 0.2) is 78.9 Å². The van der Waals surface area contributed by atoms with E-state index in [1.54, 1.807) is 32.4 Å². The van der Waals surface area contributed by atoms with Crippen molar-refractivity contribution in [3.8, 4) is 34.0 Å². The van der Waals surface area contributed by atoms with Crippen LogP contribution in [0.1, 0.15) is 15.9 Å². The lowest BCUT2D eigenvalue weighted by Gasteiger charge is -2.10. The Morgan fingerprint density at radius 1 is 0.889 bits per heavy atom. The lowest BCUT2D eigenvalue weighted by atomic mass is 10.0. The summed E-state index contributed by atoms with van der Waals surface area (Å²) in [6.45, 7) is 0.247. The zero-order chi connectivity index (χ0) is 25.1. The van der Waals surface area contributed by atoms with Crippen molar-refractivity contribution in [2.24, 2.45) is 0 Å². The number of ether oxygens (including phenoxy) is 2. The Morgan fingerprint density at radius 3 is 2.11 bits per heavy atom. The maximum absolute atomic E-state index is 13.5. The molecule has 180 valence electrons. The van der Waals surface area contributed by atoms with Crippen molar-refractivity contribution < 1.29 is 18.7 Å². The number of H-pyrrole nitrogens is 1. The largest absolute Gasteiger partial charge is 0.497 e. The molecule has 5 aromatic rings. The van der Waals surface area contributed by atoms with Crippen LogP contribution < -0.4 is 14.8 Å². The number of carbonyl (C=O) groups excluding carboxylic acids is 1. The van der Waals surface area contributed by atoms with Crippen molar-refractivity contribution in [2.45, 2.75) is 6.54 Å². The van der Waals surface area contributed by atoms with Crippen molar-refractivity contribution in [2.75, 3.05) is 14.2 Å². The molecule has 0 bridgehead atoms. The molecule has 5 rings (SSSR count). The number of methoxy groups -OCH3 is 2. The minimum Gasteiger partial charge on any atom is -0.497 e. The fourth-order valence-electron chi connectivity index (χ4n) is 3.96. The summed E-state index contributed by atoms with van der Waals surface area (Å²) in [5.74, 6) is 0.823. The number of benzene rings is 3. The van der Waals surface area contributed by atoms with Crippen LogP contribution in [0, 0.1) is 5.82 Å². The van der Waals surface area contributed by atoms with Crippen LogP contribution in [-0.4, -0.2) is 35.3 Å². The van der Waals surface area contributed by atoms with E-state index in [0.717, 1.165) is 28.2 Å². The number of rotatable bonds is 7. The van der Waals surface area contributed by atoms with Gasteiger partial charge >= 0.3 is 0 Å². The normalized spacial score (nSPS) is 10.9. The molecule has 0 aliphatic carbocycles. The van der Waals surface area contributed by atoms with E-state index in [9.17, 15) is 9.18 Å². The van der Waals surface area contributed by atoms with E-state index >= 15 is 0 Å². The predicted octanol–water partition coefficient (Wildman–Crippen LogP) is 5.38. The quantitative estimate of drug-likeness (QED) is 0.325. The minimum absolute atomic E-state index is 0.247. The monoisotopic (exact) mass is 482 g/mol. The molecule has 0 fully saturated rings. The molecule has 0 atom stereocenters. The summed E-state index contributed by atoms with van der Waals surface area (Å²) in [5.41, 5.74) is 4.56. The van der Waals surface area contributed by atoms with Gasteiger partial charge in [0.2, 0.25) is 0 Å². The lowest BCUT2D eigenvalue weighted by molar-refractivity contribution is 0.0952. The second-order valence-corrected chi connectivity index (χ2v) is 8.12. The van der Waals surface area contributed by atoms with Crippen LogP contribution in [0.3, 0.4) is 0 Å². The van der Waals surface area contributed by atoms with Crippen molar-refractivity contribution in [3.63, 3.8) is 0 Å². The third-order valence-electron chi connectivity index (χ3n) is 5.90. The number of aromatic amines is 1. The average Bonchev–Trinajstić information content (AvgIpc) is 3.36. The Bertz CT molecular complexity index is 1510. The zero-order valence-corrected chi connectivity index (χ0v) is 19.7. The number of fused-ring (bicyclic) bond motifs is 1. The van der Waals surface area contributed by atoms with Crippen molar-refractivity contribution in [3.05, 3.63) is 95.8 Å². The molecule has 7 nitrogen and oxygen atoms in total. The van der Waals surface area contributed by atoms with Gasteiger partial charge in [0, 0.05) is 17.7 Å². The number of halogens is 1. The average molecular weight is 483 g/mol. The van der Waals surface area contributed by atoms with Gasteiger partial charge in [-0.15, -0.1) is 0 Å². The summed E-state index contributed by atoms with van der Waals surface area (Å²) >= 11 is 0. The highest BCUT2D eigenvalue weighted by atomic mass is 19.1. The van der Waals surface area contributed by atoms with Gasteiger partial charge in [0.1, 0.15) is 17.3 Å². The molecular weight excluding hydrogens is 459 g/mol. The number of carbonyl (C=O) groups is 1. The van der Waals surface area contributed by atoms with Crippen molar-refractivity contribution in [1.29, 1.82) is 0 Å². The summed E-state index contributed by atoms with van der Waals surface area (Å²) in [5, 5.41) is 11.0. The van der Waals surface area contributed by atoms with Gasteiger partial charge in [-0.3, -0.25) is 9.89 Å². The highest BCUT2D eigenvalue weighted by Gasteiger charge is 2.20. The molecule has 0 saturated heterocycles. The molecule has 2 N–H and O–H groups in total. The first-order valence-electron chi connectivity index (χ1n) is 11.3. The van der Waals surface area contributed by atoms with Crippen LogP contribution in [0.2, 0.25) is 0 Å². The van der Waals surface area contributed by atoms with Gasteiger partial charge in [-0.1, -0.05) is 12.1 Å². The Balaban J connectivity index is 1.58. The van der Waals surface area contributed by atoms with E-state index in [2.05, 4.69) is 15.5 Å². The van der Waals surface area contributed by atoms with E-state index in [-0.39, 0.29) is 18.3 Å². The van der Waals surface area contributed by atoms with Gasteiger partial charge in [-0.25, -0.2) is 9.37 Å². The summed E-state index contributed by atoms with van der Waals surface area (Å²) in [7, 11) is 3.21. The molecule has 0 saturated carbocycles. The van der Waals surface area contributed by atoms with Crippen molar-refractivity contribution in [1.82, 2.24) is 20.5 Å². The summed E-state index contributed by atoms with van der Waals surface area (Å²) < 4.78 is 23.8. The molecule has 0 aliphatic heterocycles. The fraction of sp³-hybridized carbons (Fsp3) is 0.107. The molecule has 3 aromatic carbocycles. The number of pyridine rings is 1. The van der Waals surface area contributed by atoms with Crippen LogP contribution >= 0.6 is 0 Å². The topological polar surface area (TPSA) is 89.1 Å². The molecule has 0 unspecified atom stereocenters. The molecular formula is C28H23FN4O3. The number of hydrogen-bond donors (Lipinski definition) is 2. The first kappa shape index (κ1) is 23.0. The molecule has 8 heteroatoms. The number of amides is 1. The van der Waals surface area contributed by atoms with Crippen molar-refractivity contribution >= 4 is 16.9 Å². The van der Waals surface area contributed by atoms with E-state index in [0.29, 0.717) is 28.0 Å². The molecule has 1 amide bonds. The predicted molar refractivity (Wildman–Crippen MR) is 135 cm³/mol. The van der Waals surface area contributed by atoms with Crippen LogP contribution in [-0.2, 0) is 6.54 Å². The SMILES string of the molecule is COc1ccc(-c2cc(C(=O)NCc3ccc(F)cc3)c3c(-c4ccc(OC)cc4)[nH]nc3n2)cc1. The summed E-state index contributed by atoms with van der Waals surface area (Å²) in [6.07, 6.45) is 0. The minimum atomic E-state index is -0.326. The molecule has 36 heavy (non-hydrogen) atoms. The standard InChI is InChI=1S/C28H23FN4O3/c1-35-21-11-5-18(6-12-21)24-15-23(28(34)30-16-17-3-9-20(29)10-4-17)25-26(32-33-27(25)31-24)19-7-13-22(36-2)14-8-19/h3-15H,16H2,1-2H3,(H,30,34)(H,31,32,33). The number of nitrogens with zero attached hydrogens (tertiary/aromatic N) is 2. The van der Waals surface area contributed by atoms with Gasteiger partial charge in [-0.05, 0) is 72.3 Å². The lowest BCUT2D eigenvalue weighted by Crippen LogP contribution is -2.23. The van der Waals surface area contributed by atoms with E-state index in [1.807, 2.05) is 48.5 Å². The third kappa shape index (κ3) is 4.61. The summed E-state index contributed by atoms with van der Waals surface area (Å²) in [4.78, 5) is 18.2. The molecule has 0 spiro atoms. The fourth-order valence-corrected chi connectivity index (χ4v) is 3.96. The van der Waals surface area contributed by atoms with Crippen LogP contribution in [0.4, 0.5) is 4.39 Å². The Kier molecular flexibility index (Phi) is 6.32. The maximum atomic E-state index is 13.5. The molecule has 2 aromatic heterocycles. The molecule has 0 radical (unpaired) electrons. The highest BCUT2D eigenvalue weighted by molar-refractivity contribution is 6.11. The first-order valence-corrected chi connectivity index (χ1v) is 11.3. The first-order chi connectivity index (χ1) is 17.6. The van der Waals surface area contributed by atoms with E-state index in [4.69, 9.17) is 14.5 Å². The van der Waals surface area contributed by atoms with Gasteiger partial charge in [-0.2, -0.15) is 5.10 Å².